The van der Waals surface area contributed by atoms with Crippen LogP contribution in [-0.4, -0.2) is 15.6 Å². The molecule has 0 radical (unpaired) electrons. The Morgan fingerprint density at radius 3 is 2.14 bits per heavy atom. The van der Waals surface area contributed by atoms with Gasteiger partial charge < -0.3 is 0 Å². The number of unbranched alkanes of at least 4 members (excludes halogenated alkanes) is 8. The van der Waals surface area contributed by atoms with Crippen molar-refractivity contribution in [2.75, 3.05) is 0 Å². The highest BCUT2D eigenvalue weighted by Crippen LogP contribution is 2.11. The predicted molar refractivity (Wildman–Crippen MR) is 88.5 cm³/mol. The van der Waals surface area contributed by atoms with Gasteiger partial charge in [-0.1, -0.05) is 58.3 Å². The molecule has 3 nitrogen and oxygen atoms in total. The van der Waals surface area contributed by atoms with Crippen LogP contribution < -0.4 is 0 Å². The monoisotopic (exact) mass is 292 g/mol. The molecular formula is C18H32N2O. The minimum atomic E-state index is 0.348. The minimum Gasteiger partial charge on any atom is -0.299 e. The minimum absolute atomic E-state index is 0.348. The van der Waals surface area contributed by atoms with Crippen LogP contribution in [-0.2, 0) is 18.3 Å². The van der Waals surface area contributed by atoms with E-state index in [1.54, 1.807) is 0 Å². The summed E-state index contributed by atoms with van der Waals surface area (Å²) in [6, 6.07) is 2.01. The first kappa shape index (κ1) is 17.9. The van der Waals surface area contributed by atoms with Crippen molar-refractivity contribution in [1.82, 2.24) is 9.78 Å². The Balaban J connectivity index is 2.00. The van der Waals surface area contributed by atoms with E-state index in [0.29, 0.717) is 12.2 Å². The van der Waals surface area contributed by atoms with Gasteiger partial charge in [0, 0.05) is 25.6 Å². The molecule has 1 aromatic heterocycles. The van der Waals surface area contributed by atoms with Gasteiger partial charge >= 0.3 is 0 Å². The summed E-state index contributed by atoms with van der Waals surface area (Å²) in [4.78, 5) is 11.9. The molecule has 3 heteroatoms. The van der Waals surface area contributed by atoms with Gasteiger partial charge in [-0.3, -0.25) is 9.48 Å². The Morgan fingerprint density at radius 1 is 1.05 bits per heavy atom. The van der Waals surface area contributed by atoms with Gasteiger partial charge in [0.05, 0.1) is 5.69 Å². The molecule has 0 atom stereocenters. The second-order valence-electron chi connectivity index (χ2n) is 6.19. The normalized spacial score (nSPS) is 11.0. The second-order valence-corrected chi connectivity index (χ2v) is 6.19. The van der Waals surface area contributed by atoms with Crippen molar-refractivity contribution in [2.24, 2.45) is 7.05 Å². The van der Waals surface area contributed by atoms with Crippen molar-refractivity contribution in [3.05, 3.63) is 17.5 Å². The van der Waals surface area contributed by atoms with E-state index in [1.807, 2.05) is 24.7 Å². The summed E-state index contributed by atoms with van der Waals surface area (Å²) < 4.78 is 1.82. The number of ketones is 1. The quantitative estimate of drug-likeness (QED) is 0.520. The van der Waals surface area contributed by atoms with Gasteiger partial charge in [-0.25, -0.2) is 0 Å². The maximum atomic E-state index is 11.9. The van der Waals surface area contributed by atoms with Crippen LogP contribution in [0.4, 0.5) is 0 Å². The molecule has 0 aromatic carbocycles. The predicted octanol–water partition coefficient (Wildman–Crippen LogP) is 4.76. The molecule has 1 heterocycles. The lowest BCUT2D eigenvalue weighted by Gasteiger charge is -2.03. The van der Waals surface area contributed by atoms with Crippen LogP contribution in [0.25, 0.3) is 0 Å². The maximum Gasteiger partial charge on any atom is 0.138 e. The highest BCUT2D eigenvalue weighted by atomic mass is 16.1. The molecule has 120 valence electrons. The van der Waals surface area contributed by atoms with Crippen molar-refractivity contribution in [2.45, 2.75) is 84.5 Å². The van der Waals surface area contributed by atoms with E-state index in [4.69, 9.17) is 0 Å². The van der Waals surface area contributed by atoms with E-state index in [-0.39, 0.29) is 0 Å². The Bertz CT molecular complexity index is 409. The number of hydrogen-bond acceptors (Lipinski definition) is 2. The molecule has 0 spiro atoms. The fraction of sp³-hybridized carbons (Fsp3) is 0.778. The lowest BCUT2D eigenvalue weighted by Crippen LogP contribution is -2.07. The first-order valence-corrected chi connectivity index (χ1v) is 8.64. The molecular weight excluding hydrogens is 260 g/mol. The van der Waals surface area contributed by atoms with Crippen LogP contribution in [0.2, 0.25) is 0 Å². The number of hydrogen-bond donors (Lipinski definition) is 0. The molecule has 0 aliphatic heterocycles. The lowest BCUT2D eigenvalue weighted by atomic mass is 10.0. The van der Waals surface area contributed by atoms with Crippen LogP contribution in [0.15, 0.2) is 6.07 Å². The number of Topliss-reactive ketones (excluding diaryl/α,β-unsaturated/α-hetero) is 1. The molecule has 0 aliphatic rings. The van der Waals surface area contributed by atoms with Gasteiger partial charge in [0.15, 0.2) is 0 Å². The van der Waals surface area contributed by atoms with Crippen LogP contribution in [0.1, 0.15) is 82.5 Å². The van der Waals surface area contributed by atoms with Crippen LogP contribution in [0, 0.1) is 6.92 Å². The van der Waals surface area contributed by atoms with Crippen molar-refractivity contribution >= 4 is 5.78 Å². The summed E-state index contributed by atoms with van der Waals surface area (Å²) in [5, 5.41) is 4.28. The molecule has 0 N–H and O–H groups in total. The number of carbonyl (C=O) groups is 1. The van der Waals surface area contributed by atoms with E-state index in [1.165, 1.54) is 51.4 Å². The average Bonchev–Trinajstić information content (AvgIpc) is 2.75. The highest BCUT2D eigenvalue weighted by Gasteiger charge is 2.08. The van der Waals surface area contributed by atoms with E-state index in [9.17, 15) is 4.79 Å². The number of rotatable bonds is 12. The zero-order valence-electron chi connectivity index (χ0n) is 14.2. The third-order valence-electron chi connectivity index (χ3n) is 4.04. The number of nitrogens with zero attached hydrogens (tertiary/aromatic N) is 2. The molecule has 1 aromatic rings. The fourth-order valence-electron chi connectivity index (χ4n) is 2.75. The Hall–Kier alpha value is -1.12. The topological polar surface area (TPSA) is 34.9 Å². The Morgan fingerprint density at radius 2 is 1.62 bits per heavy atom. The summed E-state index contributed by atoms with van der Waals surface area (Å²) in [5.41, 5.74) is 2.02. The number of aryl methyl sites for hydroxylation is 2. The lowest BCUT2D eigenvalue weighted by molar-refractivity contribution is -0.118. The zero-order chi connectivity index (χ0) is 15.5. The largest absolute Gasteiger partial charge is 0.299 e. The molecule has 0 unspecified atom stereocenters. The van der Waals surface area contributed by atoms with E-state index in [2.05, 4.69) is 12.0 Å². The van der Waals surface area contributed by atoms with Gasteiger partial charge in [-0.2, -0.15) is 5.10 Å². The van der Waals surface area contributed by atoms with Crippen molar-refractivity contribution in [1.29, 1.82) is 0 Å². The first-order chi connectivity index (χ1) is 10.1. The van der Waals surface area contributed by atoms with E-state index >= 15 is 0 Å². The van der Waals surface area contributed by atoms with Gasteiger partial charge in [0.2, 0.25) is 0 Å². The molecule has 0 fully saturated rings. The summed E-state index contributed by atoms with van der Waals surface area (Å²) >= 11 is 0. The van der Waals surface area contributed by atoms with Crippen molar-refractivity contribution in [3.8, 4) is 0 Å². The van der Waals surface area contributed by atoms with Gasteiger partial charge in [0.25, 0.3) is 0 Å². The fourth-order valence-corrected chi connectivity index (χ4v) is 2.75. The maximum absolute atomic E-state index is 11.9. The number of aromatic nitrogens is 2. The molecule has 0 bridgehead atoms. The standard InChI is InChI=1S/C18H32N2O/c1-4-5-6-7-8-9-10-11-12-13-18(21)15-17-14-16(2)19-20(17)3/h14H,4-13,15H2,1-3H3. The summed E-state index contributed by atoms with van der Waals surface area (Å²) in [6.07, 6.45) is 12.9. The van der Waals surface area contributed by atoms with Crippen LogP contribution in [0.5, 0.6) is 0 Å². The van der Waals surface area contributed by atoms with Gasteiger partial charge in [-0.05, 0) is 19.4 Å². The van der Waals surface area contributed by atoms with Crippen molar-refractivity contribution < 1.29 is 4.79 Å². The third kappa shape index (κ3) is 8.03. The van der Waals surface area contributed by atoms with E-state index < -0.39 is 0 Å². The summed E-state index contributed by atoms with van der Waals surface area (Å²) in [7, 11) is 1.91. The molecule has 21 heavy (non-hydrogen) atoms. The molecule has 0 saturated heterocycles. The van der Waals surface area contributed by atoms with E-state index in [0.717, 1.165) is 24.2 Å². The molecule has 0 saturated carbocycles. The average molecular weight is 292 g/mol. The molecule has 0 aliphatic carbocycles. The van der Waals surface area contributed by atoms with Crippen molar-refractivity contribution in [3.63, 3.8) is 0 Å². The first-order valence-electron chi connectivity index (χ1n) is 8.64. The summed E-state index contributed by atoms with van der Waals surface area (Å²) in [5.74, 6) is 0.348. The van der Waals surface area contributed by atoms with Gasteiger partial charge in [-0.15, -0.1) is 0 Å². The SMILES string of the molecule is CCCCCCCCCCCC(=O)Cc1cc(C)nn1C. The van der Waals surface area contributed by atoms with Crippen LogP contribution in [0.3, 0.4) is 0 Å². The molecule has 1 rings (SSSR count). The zero-order valence-corrected chi connectivity index (χ0v) is 14.2. The number of carbonyl (C=O) groups excluding carboxylic acids is 1. The molecule has 0 amide bonds. The Labute approximate surface area is 130 Å². The van der Waals surface area contributed by atoms with Gasteiger partial charge in [0.1, 0.15) is 5.78 Å². The highest BCUT2D eigenvalue weighted by molar-refractivity contribution is 5.80. The third-order valence-corrected chi connectivity index (χ3v) is 4.04. The Kier molecular flexibility index (Phi) is 9.04. The van der Waals surface area contributed by atoms with Crippen LogP contribution >= 0.6 is 0 Å². The summed E-state index contributed by atoms with van der Waals surface area (Å²) in [6.45, 7) is 4.22. The second kappa shape index (κ2) is 10.6. The smallest absolute Gasteiger partial charge is 0.138 e.